The van der Waals surface area contributed by atoms with Gasteiger partial charge in [0.1, 0.15) is 10.9 Å². The number of methoxy groups -OCH3 is 1. The molecule has 0 saturated carbocycles. The minimum atomic E-state index is -0.377. The number of carbonyl (C=O) groups excluding carboxylic acids is 1. The Kier molecular flexibility index (Phi) is 3.87. The summed E-state index contributed by atoms with van der Waals surface area (Å²) >= 11 is 5.86. The van der Waals surface area contributed by atoms with E-state index in [1.807, 2.05) is 0 Å². The van der Waals surface area contributed by atoms with E-state index in [1.165, 1.54) is 12.3 Å². The molecule has 1 amide bonds. The zero-order valence-electron chi connectivity index (χ0n) is 10.2. The molecular formula is C13H12ClN3O2. The fraction of sp³-hybridized carbons (Fsp3) is 0.0769. The molecule has 0 atom stereocenters. The molecule has 1 aromatic heterocycles. The largest absolute Gasteiger partial charge is 0.497 e. The minimum absolute atomic E-state index is 0.106. The molecule has 0 bridgehead atoms. The van der Waals surface area contributed by atoms with Crippen molar-refractivity contribution in [3.63, 3.8) is 0 Å². The molecule has 6 heteroatoms. The second-order valence-electron chi connectivity index (χ2n) is 3.79. The molecule has 2 rings (SSSR count). The smallest absolute Gasteiger partial charge is 0.258 e. The minimum Gasteiger partial charge on any atom is -0.497 e. The number of anilines is 2. The molecule has 0 aliphatic heterocycles. The van der Waals surface area contributed by atoms with Crippen molar-refractivity contribution < 1.29 is 9.53 Å². The molecule has 0 saturated heterocycles. The molecule has 3 N–H and O–H groups in total. The van der Waals surface area contributed by atoms with Gasteiger partial charge < -0.3 is 15.8 Å². The summed E-state index contributed by atoms with van der Waals surface area (Å²) in [6.45, 7) is 0. The van der Waals surface area contributed by atoms with E-state index in [4.69, 9.17) is 22.1 Å². The summed E-state index contributed by atoms with van der Waals surface area (Å²) in [6.07, 6.45) is 1.39. The van der Waals surface area contributed by atoms with Gasteiger partial charge in [-0.05, 0) is 18.2 Å². The Labute approximate surface area is 115 Å². The second kappa shape index (κ2) is 5.58. The highest BCUT2D eigenvalue weighted by Crippen LogP contribution is 2.20. The molecule has 98 valence electrons. The van der Waals surface area contributed by atoms with Crippen molar-refractivity contribution in [1.82, 2.24) is 4.98 Å². The summed E-state index contributed by atoms with van der Waals surface area (Å²) in [5.41, 5.74) is 6.78. The van der Waals surface area contributed by atoms with Crippen LogP contribution in [0, 0.1) is 0 Å². The highest BCUT2D eigenvalue weighted by molar-refractivity contribution is 6.33. The molecule has 2 aromatic rings. The Hall–Kier alpha value is -2.27. The van der Waals surface area contributed by atoms with E-state index in [-0.39, 0.29) is 16.6 Å². The number of amides is 1. The lowest BCUT2D eigenvalue weighted by molar-refractivity contribution is 0.102. The summed E-state index contributed by atoms with van der Waals surface area (Å²) in [5, 5.41) is 2.81. The van der Waals surface area contributed by atoms with Crippen LogP contribution in [0.5, 0.6) is 5.75 Å². The van der Waals surface area contributed by atoms with Crippen molar-refractivity contribution in [2.75, 3.05) is 18.2 Å². The highest BCUT2D eigenvalue weighted by Gasteiger charge is 2.12. The van der Waals surface area contributed by atoms with Crippen LogP contribution in [-0.4, -0.2) is 18.0 Å². The van der Waals surface area contributed by atoms with Gasteiger partial charge in [-0.25, -0.2) is 4.98 Å². The average molecular weight is 278 g/mol. The second-order valence-corrected chi connectivity index (χ2v) is 4.15. The third kappa shape index (κ3) is 3.14. The number of benzene rings is 1. The van der Waals surface area contributed by atoms with E-state index in [1.54, 1.807) is 31.4 Å². The average Bonchev–Trinajstić information content (AvgIpc) is 2.41. The molecule has 0 radical (unpaired) electrons. The maximum absolute atomic E-state index is 12.1. The third-order valence-electron chi connectivity index (χ3n) is 2.43. The first kappa shape index (κ1) is 13.2. The van der Waals surface area contributed by atoms with Crippen molar-refractivity contribution in [3.8, 4) is 5.75 Å². The fourth-order valence-electron chi connectivity index (χ4n) is 1.52. The number of hydrogen-bond donors (Lipinski definition) is 2. The van der Waals surface area contributed by atoms with E-state index >= 15 is 0 Å². The lowest BCUT2D eigenvalue weighted by atomic mass is 10.2. The number of hydrogen-bond acceptors (Lipinski definition) is 4. The quantitative estimate of drug-likeness (QED) is 0.846. The maximum atomic E-state index is 12.1. The Morgan fingerprint density at radius 1 is 1.42 bits per heavy atom. The first-order chi connectivity index (χ1) is 9.10. The van der Waals surface area contributed by atoms with Gasteiger partial charge in [0, 0.05) is 11.8 Å². The summed E-state index contributed by atoms with van der Waals surface area (Å²) in [7, 11) is 1.56. The topological polar surface area (TPSA) is 77.2 Å². The third-order valence-corrected chi connectivity index (χ3v) is 2.73. The zero-order valence-corrected chi connectivity index (χ0v) is 10.9. The number of nitrogens with two attached hydrogens (primary N) is 1. The van der Waals surface area contributed by atoms with Crippen LogP contribution < -0.4 is 15.8 Å². The Balaban J connectivity index is 2.23. The summed E-state index contributed by atoms with van der Waals surface area (Å²) in [6, 6.07) is 8.47. The van der Waals surface area contributed by atoms with Crippen molar-refractivity contribution in [3.05, 3.63) is 47.2 Å². The number of nitrogens with one attached hydrogen (secondary N) is 1. The fourth-order valence-corrected chi connectivity index (χ4v) is 1.71. The molecule has 0 spiro atoms. The summed E-state index contributed by atoms with van der Waals surface area (Å²) < 4.78 is 5.08. The van der Waals surface area contributed by atoms with Gasteiger partial charge in [-0.3, -0.25) is 4.79 Å². The number of carbonyl (C=O) groups is 1. The lowest BCUT2D eigenvalue weighted by Gasteiger charge is -2.08. The number of ether oxygens (including phenoxy) is 1. The van der Waals surface area contributed by atoms with Gasteiger partial charge in [-0.1, -0.05) is 17.7 Å². The standard InChI is InChI=1S/C13H12ClN3O2/c1-19-10-4-2-3-9(6-10)17-13(18)11-5-8(15)7-16-12(11)14/h2-7H,15H2,1H3,(H,17,18). The molecule has 19 heavy (non-hydrogen) atoms. The van der Waals surface area contributed by atoms with Crippen LogP contribution >= 0.6 is 11.6 Å². The van der Waals surface area contributed by atoms with Crippen LogP contribution in [0.4, 0.5) is 11.4 Å². The normalized spacial score (nSPS) is 10.0. The molecule has 1 heterocycles. The van der Waals surface area contributed by atoms with Gasteiger partial charge in [-0.15, -0.1) is 0 Å². The number of pyridine rings is 1. The van der Waals surface area contributed by atoms with Gasteiger partial charge in [0.2, 0.25) is 0 Å². The van der Waals surface area contributed by atoms with Gasteiger partial charge in [0.05, 0.1) is 24.6 Å². The molecule has 1 aromatic carbocycles. The van der Waals surface area contributed by atoms with E-state index in [0.29, 0.717) is 17.1 Å². The van der Waals surface area contributed by atoms with Gasteiger partial charge >= 0.3 is 0 Å². The van der Waals surface area contributed by atoms with E-state index < -0.39 is 0 Å². The van der Waals surface area contributed by atoms with Crippen LogP contribution in [0.3, 0.4) is 0 Å². The van der Waals surface area contributed by atoms with Gasteiger partial charge in [0.15, 0.2) is 0 Å². The van der Waals surface area contributed by atoms with Crippen LogP contribution in [0.15, 0.2) is 36.5 Å². The molecule has 0 aliphatic carbocycles. The summed E-state index contributed by atoms with van der Waals surface area (Å²) in [5.74, 6) is 0.271. The van der Waals surface area contributed by atoms with Crippen molar-refractivity contribution in [2.24, 2.45) is 0 Å². The predicted octanol–water partition coefficient (Wildman–Crippen LogP) is 2.58. The summed E-state index contributed by atoms with van der Waals surface area (Å²) in [4.78, 5) is 15.9. The molecule has 5 nitrogen and oxygen atoms in total. The lowest BCUT2D eigenvalue weighted by Crippen LogP contribution is -2.13. The van der Waals surface area contributed by atoms with Crippen LogP contribution in [0.2, 0.25) is 5.15 Å². The Bertz CT molecular complexity index is 617. The predicted molar refractivity (Wildman–Crippen MR) is 74.6 cm³/mol. The maximum Gasteiger partial charge on any atom is 0.258 e. The number of nitrogens with zero attached hydrogens (tertiary/aromatic N) is 1. The monoisotopic (exact) mass is 277 g/mol. The number of rotatable bonds is 3. The van der Waals surface area contributed by atoms with Crippen molar-refractivity contribution in [2.45, 2.75) is 0 Å². The Morgan fingerprint density at radius 3 is 2.95 bits per heavy atom. The first-order valence-corrected chi connectivity index (χ1v) is 5.84. The van der Waals surface area contributed by atoms with Crippen LogP contribution in [0.1, 0.15) is 10.4 Å². The zero-order chi connectivity index (χ0) is 13.8. The highest BCUT2D eigenvalue weighted by atomic mass is 35.5. The number of nitrogen functional groups attached to an aromatic ring is 1. The van der Waals surface area contributed by atoms with E-state index in [9.17, 15) is 4.79 Å². The molecular weight excluding hydrogens is 266 g/mol. The van der Waals surface area contributed by atoms with Gasteiger partial charge in [-0.2, -0.15) is 0 Å². The first-order valence-electron chi connectivity index (χ1n) is 5.46. The van der Waals surface area contributed by atoms with Gasteiger partial charge in [0.25, 0.3) is 5.91 Å². The van der Waals surface area contributed by atoms with Crippen molar-refractivity contribution in [1.29, 1.82) is 0 Å². The molecule has 0 aliphatic rings. The SMILES string of the molecule is COc1cccc(NC(=O)c2cc(N)cnc2Cl)c1. The van der Waals surface area contributed by atoms with Crippen LogP contribution in [0.25, 0.3) is 0 Å². The Morgan fingerprint density at radius 2 is 2.21 bits per heavy atom. The van der Waals surface area contributed by atoms with E-state index in [0.717, 1.165) is 0 Å². The molecule has 0 fully saturated rings. The number of aromatic nitrogens is 1. The van der Waals surface area contributed by atoms with E-state index in [2.05, 4.69) is 10.3 Å². The molecule has 0 unspecified atom stereocenters. The van der Waals surface area contributed by atoms with Crippen molar-refractivity contribution >= 4 is 28.9 Å². The van der Waals surface area contributed by atoms with Crippen LogP contribution in [-0.2, 0) is 0 Å². The number of halogens is 1.